The van der Waals surface area contributed by atoms with E-state index < -0.39 is 11.7 Å². The summed E-state index contributed by atoms with van der Waals surface area (Å²) in [4.78, 5) is 0. The summed E-state index contributed by atoms with van der Waals surface area (Å²) in [6, 6.07) is 4.18. The van der Waals surface area contributed by atoms with Gasteiger partial charge in [-0.2, -0.15) is 13.2 Å². The van der Waals surface area contributed by atoms with Crippen molar-refractivity contribution in [3.8, 4) is 5.75 Å². The first-order valence-electron chi connectivity index (χ1n) is 7.08. The predicted molar refractivity (Wildman–Crippen MR) is 78.4 cm³/mol. The van der Waals surface area contributed by atoms with E-state index in [1.807, 2.05) is 13.8 Å². The van der Waals surface area contributed by atoms with Crippen molar-refractivity contribution in [3.63, 3.8) is 0 Å². The zero-order chi connectivity index (χ0) is 15.9. The summed E-state index contributed by atoms with van der Waals surface area (Å²) in [7, 11) is 0. The van der Waals surface area contributed by atoms with Crippen LogP contribution >= 0.6 is 0 Å². The van der Waals surface area contributed by atoms with Crippen molar-refractivity contribution < 1.29 is 17.9 Å². The minimum atomic E-state index is -4.43. The number of hydrogen-bond acceptors (Lipinski definition) is 2. The average Bonchev–Trinajstić information content (AvgIpc) is 2.44. The van der Waals surface area contributed by atoms with Gasteiger partial charge in [0.15, 0.2) is 0 Å². The van der Waals surface area contributed by atoms with Crippen LogP contribution in [0.1, 0.15) is 37.8 Å². The van der Waals surface area contributed by atoms with E-state index in [1.165, 1.54) is 6.07 Å². The first kappa shape index (κ1) is 17.6. The van der Waals surface area contributed by atoms with Gasteiger partial charge in [-0.1, -0.05) is 26.5 Å². The number of alkyl halides is 3. The lowest BCUT2D eigenvalue weighted by Gasteiger charge is -2.16. The molecule has 0 aliphatic carbocycles. The van der Waals surface area contributed by atoms with Gasteiger partial charge >= 0.3 is 6.18 Å². The maximum Gasteiger partial charge on any atom is 0.419 e. The number of rotatable bonds is 8. The van der Waals surface area contributed by atoms with E-state index in [0.717, 1.165) is 24.6 Å². The van der Waals surface area contributed by atoms with Crippen molar-refractivity contribution in [3.05, 3.63) is 41.5 Å². The molecule has 0 fully saturated rings. The molecule has 0 amide bonds. The van der Waals surface area contributed by atoms with Crippen LogP contribution in [0.3, 0.4) is 0 Å². The smallest absolute Gasteiger partial charge is 0.419 e. The van der Waals surface area contributed by atoms with E-state index in [-0.39, 0.29) is 12.4 Å². The van der Waals surface area contributed by atoms with Crippen LogP contribution in [-0.4, -0.2) is 13.2 Å². The third-order valence-corrected chi connectivity index (χ3v) is 3.04. The van der Waals surface area contributed by atoms with Crippen LogP contribution in [0.5, 0.6) is 5.75 Å². The Kier molecular flexibility index (Phi) is 6.75. The second-order valence-electron chi connectivity index (χ2n) is 4.90. The Morgan fingerprint density at radius 3 is 2.57 bits per heavy atom. The van der Waals surface area contributed by atoms with Crippen molar-refractivity contribution in [1.82, 2.24) is 5.32 Å². The Bertz CT molecular complexity index is 469. The zero-order valence-electron chi connectivity index (χ0n) is 12.5. The van der Waals surface area contributed by atoms with Gasteiger partial charge in [0, 0.05) is 6.54 Å². The first-order valence-corrected chi connectivity index (χ1v) is 7.08. The molecular formula is C16H22F3NO. The Morgan fingerprint density at radius 2 is 2.00 bits per heavy atom. The molecule has 118 valence electrons. The summed E-state index contributed by atoms with van der Waals surface area (Å²) in [6.07, 6.45) is -2.81. The Morgan fingerprint density at radius 1 is 1.29 bits per heavy atom. The lowest BCUT2D eigenvalue weighted by Crippen LogP contribution is -2.15. The van der Waals surface area contributed by atoms with Crippen molar-refractivity contribution in [2.75, 3.05) is 13.2 Å². The molecule has 0 atom stereocenters. The lowest BCUT2D eigenvalue weighted by atomic mass is 10.1. The molecule has 0 radical (unpaired) electrons. The van der Waals surface area contributed by atoms with E-state index in [2.05, 4.69) is 11.9 Å². The Hall–Kier alpha value is -1.49. The second kappa shape index (κ2) is 8.08. The fourth-order valence-electron chi connectivity index (χ4n) is 1.73. The molecule has 0 saturated heterocycles. The molecule has 0 aliphatic rings. The maximum atomic E-state index is 13.1. The molecule has 2 nitrogen and oxygen atoms in total. The molecule has 0 unspecified atom stereocenters. The maximum absolute atomic E-state index is 13.1. The van der Waals surface area contributed by atoms with Gasteiger partial charge in [0.05, 0.1) is 5.56 Å². The third-order valence-electron chi connectivity index (χ3n) is 3.04. The quantitative estimate of drug-likeness (QED) is 0.562. The molecule has 0 saturated carbocycles. The molecular weight excluding hydrogens is 279 g/mol. The van der Waals surface area contributed by atoms with E-state index in [9.17, 15) is 13.2 Å². The topological polar surface area (TPSA) is 21.3 Å². The van der Waals surface area contributed by atoms with E-state index >= 15 is 0 Å². The summed E-state index contributed by atoms with van der Waals surface area (Å²) in [5.41, 5.74) is 0.622. The van der Waals surface area contributed by atoms with Gasteiger partial charge in [0.1, 0.15) is 12.4 Å². The monoisotopic (exact) mass is 301 g/mol. The third kappa shape index (κ3) is 5.79. The van der Waals surface area contributed by atoms with Gasteiger partial charge in [0.25, 0.3) is 0 Å². The molecule has 1 N–H and O–H groups in total. The van der Waals surface area contributed by atoms with Crippen molar-refractivity contribution in [2.24, 2.45) is 0 Å². The summed E-state index contributed by atoms with van der Waals surface area (Å²) in [5, 5.41) is 3.09. The molecule has 1 rings (SSSR count). The number of hydrogen-bond donors (Lipinski definition) is 1. The van der Waals surface area contributed by atoms with Gasteiger partial charge in [-0.25, -0.2) is 0 Å². The average molecular weight is 301 g/mol. The summed E-state index contributed by atoms with van der Waals surface area (Å²) in [6.45, 7) is 8.92. The summed E-state index contributed by atoms with van der Waals surface area (Å²) >= 11 is 0. The fourth-order valence-corrected chi connectivity index (χ4v) is 1.73. The van der Waals surface area contributed by atoms with E-state index in [1.54, 1.807) is 6.07 Å². The van der Waals surface area contributed by atoms with Gasteiger partial charge in [0.2, 0.25) is 0 Å². The van der Waals surface area contributed by atoms with Crippen LogP contribution in [0.4, 0.5) is 13.2 Å². The Balaban J connectivity index is 2.89. The van der Waals surface area contributed by atoms with Crippen LogP contribution in [0.15, 0.2) is 30.4 Å². The lowest BCUT2D eigenvalue weighted by molar-refractivity contribution is -0.138. The highest BCUT2D eigenvalue weighted by atomic mass is 19.4. The van der Waals surface area contributed by atoms with Gasteiger partial charge in [-0.3, -0.25) is 0 Å². The minimum Gasteiger partial charge on any atom is -0.489 e. The highest BCUT2D eigenvalue weighted by molar-refractivity contribution is 5.39. The highest BCUT2D eigenvalue weighted by Gasteiger charge is 2.34. The largest absolute Gasteiger partial charge is 0.489 e. The highest BCUT2D eigenvalue weighted by Crippen LogP contribution is 2.37. The number of halogens is 3. The summed E-state index contributed by atoms with van der Waals surface area (Å²) < 4.78 is 44.6. The van der Waals surface area contributed by atoms with E-state index in [4.69, 9.17) is 4.74 Å². The van der Waals surface area contributed by atoms with Crippen LogP contribution in [0.2, 0.25) is 0 Å². The number of benzene rings is 1. The van der Waals surface area contributed by atoms with Crippen molar-refractivity contribution in [1.29, 1.82) is 0 Å². The second-order valence-corrected chi connectivity index (χ2v) is 4.90. The van der Waals surface area contributed by atoms with Gasteiger partial charge in [-0.05, 0) is 42.7 Å². The number of nitrogens with one attached hydrogen (secondary N) is 1. The van der Waals surface area contributed by atoms with Gasteiger partial charge in [-0.15, -0.1) is 0 Å². The van der Waals surface area contributed by atoms with Crippen molar-refractivity contribution in [2.45, 2.75) is 39.4 Å². The molecule has 0 aromatic heterocycles. The van der Waals surface area contributed by atoms with Crippen LogP contribution < -0.4 is 10.1 Å². The molecule has 0 aliphatic heterocycles. The first-order chi connectivity index (χ1) is 9.88. The molecule has 5 heteroatoms. The summed E-state index contributed by atoms with van der Waals surface area (Å²) in [5.74, 6) is -0.142. The van der Waals surface area contributed by atoms with Crippen LogP contribution in [-0.2, 0) is 12.7 Å². The zero-order valence-corrected chi connectivity index (χ0v) is 12.5. The molecule has 0 spiro atoms. The number of ether oxygens (including phenoxy) is 1. The molecule has 1 aromatic rings. The van der Waals surface area contributed by atoms with Crippen LogP contribution in [0.25, 0.3) is 0 Å². The van der Waals surface area contributed by atoms with E-state index in [0.29, 0.717) is 18.5 Å². The van der Waals surface area contributed by atoms with Crippen molar-refractivity contribution >= 4 is 0 Å². The normalized spacial score (nSPS) is 11.5. The SMILES string of the molecule is C=C(CC)COc1ccc(CNCCC)cc1C(F)(F)F. The van der Waals surface area contributed by atoms with Gasteiger partial charge < -0.3 is 10.1 Å². The molecule has 21 heavy (non-hydrogen) atoms. The Labute approximate surface area is 124 Å². The van der Waals surface area contributed by atoms with Crippen LogP contribution in [0, 0.1) is 0 Å². The fraction of sp³-hybridized carbons (Fsp3) is 0.500. The minimum absolute atomic E-state index is 0.104. The predicted octanol–water partition coefficient (Wildman–Crippen LogP) is 4.55. The molecule has 1 aromatic carbocycles. The standard InChI is InChI=1S/C16H22F3NO/c1-4-8-20-10-13-6-7-15(21-11-12(3)5-2)14(9-13)16(17,18)19/h6-7,9,20H,3-5,8,10-11H2,1-2H3. The molecule has 0 heterocycles. The molecule has 0 bridgehead atoms.